The molecule has 0 saturated heterocycles. The molecule has 30 heavy (non-hydrogen) atoms. The molecule has 5 N–H and O–H groups in total. The summed E-state index contributed by atoms with van der Waals surface area (Å²) in [6, 6.07) is -1.34. The monoisotopic (exact) mass is 471 g/mol. The van der Waals surface area contributed by atoms with E-state index in [4.69, 9.17) is 24.7 Å². The SMILES string of the molecule is CC(C)(COC(C)(C)CCO)CC(C)(C)CSCC(=O)NC(COP(O)O)C(=O)O. The molecule has 1 amide bonds. The number of carbonyl (C=O) groups is 2. The number of aliphatic carboxylic acids is 1. The summed E-state index contributed by atoms with van der Waals surface area (Å²) in [5, 5.41) is 20.5. The zero-order chi connectivity index (χ0) is 23.6. The first-order chi connectivity index (χ1) is 13.6. The predicted molar refractivity (Wildman–Crippen MR) is 118 cm³/mol. The van der Waals surface area contributed by atoms with Gasteiger partial charge in [-0.2, -0.15) is 11.8 Å². The molecule has 0 saturated carbocycles. The Hall–Kier alpha value is -0.480. The average Bonchev–Trinajstić information content (AvgIpc) is 2.55. The summed E-state index contributed by atoms with van der Waals surface area (Å²) in [7, 11) is -2.68. The summed E-state index contributed by atoms with van der Waals surface area (Å²) in [5.41, 5.74) is -0.573. The third-order valence-corrected chi connectivity index (χ3v) is 6.07. The van der Waals surface area contributed by atoms with E-state index in [2.05, 4.69) is 37.5 Å². The van der Waals surface area contributed by atoms with Gasteiger partial charge in [0.15, 0.2) is 6.04 Å². The molecule has 0 aliphatic rings. The van der Waals surface area contributed by atoms with E-state index in [9.17, 15) is 9.59 Å². The van der Waals surface area contributed by atoms with E-state index >= 15 is 0 Å². The fourth-order valence-electron chi connectivity index (χ4n) is 3.10. The van der Waals surface area contributed by atoms with Crippen molar-refractivity contribution in [3.63, 3.8) is 0 Å². The topological polar surface area (TPSA) is 146 Å². The first kappa shape index (κ1) is 29.5. The highest BCUT2D eigenvalue weighted by molar-refractivity contribution is 7.99. The average molecular weight is 472 g/mol. The van der Waals surface area contributed by atoms with Gasteiger partial charge >= 0.3 is 14.6 Å². The van der Waals surface area contributed by atoms with Crippen molar-refractivity contribution >= 4 is 32.2 Å². The molecule has 0 aromatic carbocycles. The Labute approximate surface area is 184 Å². The van der Waals surface area contributed by atoms with E-state index in [1.54, 1.807) is 0 Å². The summed E-state index contributed by atoms with van der Waals surface area (Å²) in [6.07, 6.45) is 1.42. The molecule has 0 heterocycles. The molecule has 1 unspecified atom stereocenters. The Morgan fingerprint density at radius 2 is 1.70 bits per heavy atom. The van der Waals surface area contributed by atoms with Crippen molar-refractivity contribution < 1.29 is 38.8 Å². The number of hydrogen-bond acceptors (Lipinski definition) is 8. The smallest absolute Gasteiger partial charge is 0.328 e. The summed E-state index contributed by atoms with van der Waals surface area (Å²) in [4.78, 5) is 40.6. The van der Waals surface area contributed by atoms with Crippen molar-refractivity contribution in [3.8, 4) is 0 Å². The maximum Gasteiger partial charge on any atom is 0.328 e. The van der Waals surface area contributed by atoms with Gasteiger partial charge in [-0.05, 0) is 43.3 Å². The number of carbonyl (C=O) groups excluding carboxylic acids is 1. The molecule has 178 valence electrons. The van der Waals surface area contributed by atoms with Gasteiger partial charge in [0.25, 0.3) is 0 Å². The van der Waals surface area contributed by atoms with E-state index in [1.165, 1.54) is 11.8 Å². The van der Waals surface area contributed by atoms with Crippen LogP contribution in [-0.4, -0.2) is 74.8 Å². The zero-order valence-electron chi connectivity index (χ0n) is 18.8. The zero-order valence-corrected chi connectivity index (χ0v) is 20.5. The van der Waals surface area contributed by atoms with Crippen molar-refractivity contribution in [3.05, 3.63) is 0 Å². The van der Waals surface area contributed by atoms with Crippen LogP contribution >= 0.6 is 20.4 Å². The van der Waals surface area contributed by atoms with Gasteiger partial charge in [-0.1, -0.05) is 27.7 Å². The van der Waals surface area contributed by atoms with Crippen LogP contribution in [0.15, 0.2) is 0 Å². The van der Waals surface area contributed by atoms with Crippen molar-refractivity contribution in [1.82, 2.24) is 5.32 Å². The van der Waals surface area contributed by atoms with E-state index in [1.807, 2.05) is 13.8 Å². The van der Waals surface area contributed by atoms with Crippen LogP contribution in [0.3, 0.4) is 0 Å². The Morgan fingerprint density at radius 1 is 1.10 bits per heavy atom. The van der Waals surface area contributed by atoms with E-state index < -0.39 is 33.1 Å². The Balaban J connectivity index is 4.48. The Bertz CT molecular complexity index is 543. The lowest BCUT2D eigenvalue weighted by molar-refractivity contribution is -0.142. The Kier molecular flexibility index (Phi) is 12.9. The number of nitrogens with one attached hydrogen (secondary N) is 1. The highest BCUT2D eigenvalue weighted by Gasteiger charge is 2.31. The minimum Gasteiger partial charge on any atom is -0.480 e. The Morgan fingerprint density at radius 3 is 2.20 bits per heavy atom. The molecule has 0 radical (unpaired) electrons. The summed E-state index contributed by atoms with van der Waals surface area (Å²) < 4.78 is 10.5. The van der Waals surface area contributed by atoms with Gasteiger partial charge in [0, 0.05) is 6.61 Å². The molecule has 1 atom stereocenters. The second-order valence-electron chi connectivity index (χ2n) is 9.53. The third-order valence-electron chi connectivity index (χ3n) is 4.24. The third kappa shape index (κ3) is 14.5. The largest absolute Gasteiger partial charge is 0.480 e. The highest BCUT2D eigenvalue weighted by atomic mass is 32.2. The fourth-order valence-corrected chi connectivity index (χ4v) is 4.41. The van der Waals surface area contributed by atoms with Crippen molar-refractivity contribution in [1.29, 1.82) is 0 Å². The molecule has 0 aliphatic heterocycles. The van der Waals surface area contributed by atoms with E-state index in [-0.39, 0.29) is 28.8 Å². The quantitative estimate of drug-likeness (QED) is 0.214. The second kappa shape index (κ2) is 13.2. The van der Waals surface area contributed by atoms with Gasteiger partial charge in [0.2, 0.25) is 5.91 Å². The molecule has 0 spiro atoms. The lowest BCUT2D eigenvalue weighted by atomic mass is 9.76. The van der Waals surface area contributed by atoms with Gasteiger partial charge in [-0.15, -0.1) is 0 Å². The van der Waals surface area contributed by atoms with Crippen LogP contribution < -0.4 is 5.32 Å². The first-order valence-electron chi connectivity index (χ1n) is 9.75. The van der Waals surface area contributed by atoms with Gasteiger partial charge in [-0.25, -0.2) is 4.79 Å². The van der Waals surface area contributed by atoms with Crippen LogP contribution in [0.1, 0.15) is 54.4 Å². The minimum absolute atomic E-state index is 0.0774. The highest BCUT2D eigenvalue weighted by Crippen LogP contribution is 2.37. The number of amides is 1. The standard InChI is InChI=1S/C19H38NO8PS/c1-17(2,12-27-19(5,6)7-8-21)11-18(3,4)13-30-10-15(22)20-14(16(23)24)9-28-29(25)26/h14,21,25-26H,7-13H2,1-6H3,(H,20,22)(H,23,24). The predicted octanol–water partition coefficient (Wildman–Crippen LogP) is 2.14. The molecule has 9 nitrogen and oxygen atoms in total. The van der Waals surface area contributed by atoms with Crippen LogP contribution in [0.4, 0.5) is 0 Å². The number of carboxylic acids is 1. The summed E-state index contributed by atoms with van der Waals surface area (Å²) in [6.45, 7) is 12.5. The molecule has 0 rings (SSSR count). The fraction of sp³-hybridized carbons (Fsp3) is 0.895. The van der Waals surface area contributed by atoms with E-state index in [0.29, 0.717) is 18.8 Å². The molecule has 0 aromatic rings. The lowest BCUT2D eigenvalue weighted by Crippen LogP contribution is -2.44. The van der Waals surface area contributed by atoms with Gasteiger partial charge in [0.05, 0.1) is 24.6 Å². The molecule has 11 heteroatoms. The van der Waals surface area contributed by atoms with Crippen molar-refractivity contribution in [2.75, 3.05) is 31.3 Å². The molecular formula is C19H38NO8PS. The number of aliphatic hydroxyl groups excluding tert-OH is 1. The number of aliphatic hydroxyl groups is 1. The van der Waals surface area contributed by atoms with Crippen LogP contribution in [0.25, 0.3) is 0 Å². The number of thioether (sulfide) groups is 1. The van der Waals surface area contributed by atoms with Crippen molar-refractivity contribution in [2.45, 2.75) is 66.0 Å². The lowest BCUT2D eigenvalue weighted by Gasteiger charge is -2.37. The van der Waals surface area contributed by atoms with Crippen LogP contribution in [0, 0.1) is 10.8 Å². The van der Waals surface area contributed by atoms with Crippen LogP contribution in [0.5, 0.6) is 0 Å². The number of ether oxygens (including phenoxy) is 1. The number of rotatable bonds is 16. The van der Waals surface area contributed by atoms with Crippen LogP contribution in [0.2, 0.25) is 0 Å². The summed E-state index contributed by atoms with van der Waals surface area (Å²) in [5.74, 6) is -0.992. The molecule has 0 aromatic heterocycles. The molecule has 0 fully saturated rings. The maximum absolute atomic E-state index is 12.0. The van der Waals surface area contributed by atoms with Gasteiger partial charge < -0.3 is 34.6 Å². The van der Waals surface area contributed by atoms with Crippen LogP contribution in [-0.2, 0) is 18.8 Å². The molecular weight excluding hydrogens is 433 g/mol. The van der Waals surface area contributed by atoms with Gasteiger partial charge in [0.1, 0.15) is 0 Å². The minimum atomic E-state index is -2.68. The van der Waals surface area contributed by atoms with E-state index in [0.717, 1.165) is 6.42 Å². The number of hydrogen-bond donors (Lipinski definition) is 5. The normalized spacial score (nSPS) is 14.1. The van der Waals surface area contributed by atoms with Crippen molar-refractivity contribution in [2.24, 2.45) is 10.8 Å². The maximum atomic E-state index is 12.0. The first-order valence-corrected chi connectivity index (χ1v) is 12.1. The molecule has 0 aliphatic carbocycles. The second-order valence-corrected chi connectivity index (χ2v) is 11.3. The summed E-state index contributed by atoms with van der Waals surface area (Å²) >= 11 is 1.40. The molecule has 0 bridgehead atoms. The van der Waals surface area contributed by atoms with Gasteiger partial charge in [-0.3, -0.25) is 4.79 Å². The number of carboxylic acid groups (broad SMARTS) is 1.